The number of nitrogens with one attached hydrogen (secondary N) is 1. The van der Waals surface area contributed by atoms with E-state index in [1.807, 2.05) is 60.3 Å². The summed E-state index contributed by atoms with van der Waals surface area (Å²) in [6, 6.07) is 17.5. The van der Waals surface area contributed by atoms with Gasteiger partial charge in [0.2, 0.25) is 5.91 Å². The number of methoxy groups -OCH3 is 1. The molecule has 5 heteroatoms. The van der Waals surface area contributed by atoms with Gasteiger partial charge in [0.15, 0.2) is 0 Å². The van der Waals surface area contributed by atoms with E-state index in [1.54, 1.807) is 13.3 Å². The van der Waals surface area contributed by atoms with E-state index in [9.17, 15) is 4.79 Å². The third-order valence-corrected chi connectivity index (χ3v) is 4.71. The zero-order valence-corrected chi connectivity index (χ0v) is 15.9. The molecule has 3 aromatic rings. The van der Waals surface area contributed by atoms with Crippen LogP contribution in [0.25, 0.3) is 0 Å². The maximum Gasteiger partial charge on any atom is 0.221 e. The van der Waals surface area contributed by atoms with E-state index in [4.69, 9.17) is 4.74 Å². The monoisotopic (exact) mass is 363 g/mol. The molecule has 2 unspecified atom stereocenters. The summed E-state index contributed by atoms with van der Waals surface area (Å²) in [5.74, 6) is 1.66. The zero-order valence-electron chi connectivity index (χ0n) is 15.9. The zero-order chi connectivity index (χ0) is 19.2. The molecular weight excluding hydrogens is 338 g/mol. The van der Waals surface area contributed by atoms with Crippen molar-refractivity contribution in [2.45, 2.75) is 25.3 Å². The molecule has 1 aromatic heterocycles. The molecule has 27 heavy (non-hydrogen) atoms. The van der Waals surface area contributed by atoms with Crippen molar-refractivity contribution in [2.75, 3.05) is 7.11 Å². The van der Waals surface area contributed by atoms with E-state index >= 15 is 0 Å². The molecule has 1 heterocycles. The number of carbonyl (C=O) groups is 1. The number of carbonyl (C=O) groups excluding carboxylic acids is 1. The van der Waals surface area contributed by atoms with E-state index in [-0.39, 0.29) is 17.9 Å². The standard InChI is InChI=1S/C22H25N3O2/c1-16(17-8-5-4-6-9-17)14-20(26)24-21(22-23-12-13-25(22)2)18-10-7-11-19(15-18)27-3/h4-13,15-16,21H,14H2,1-3H3,(H,24,26). The quantitative estimate of drug-likeness (QED) is 0.694. The molecule has 0 aliphatic heterocycles. The van der Waals surface area contributed by atoms with Gasteiger partial charge in [0, 0.05) is 25.9 Å². The van der Waals surface area contributed by atoms with Crippen molar-refractivity contribution >= 4 is 5.91 Å². The highest BCUT2D eigenvalue weighted by molar-refractivity contribution is 5.77. The molecule has 0 fully saturated rings. The van der Waals surface area contributed by atoms with Gasteiger partial charge >= 0.3 is 0 Å². The molecule has 0 radical (unpaired) electrons. The summed E-state index contributed by atoms with van der Waals surface area (Å²) in [5, 5.41) is 3.15. The van der Waals surface area contributed by atoms with Crippen LogP contribution in [0.4, 0.5) is 0 Å². The third kappa shape index (κ3) is 4.56. The number of benzene rings is 2. The van der Waals surface area contributed by atoms with Gasteiger partial charge in [-0.15, -0.1) is 0 Å². The molecule has 0 spiro atoms. The second-order valence-corrected chi connectivity index (χ2v) is 6.69. The van der Waals surface area contributed by atoms with Gasteiger partial charge in [-0.2, -0.15) is 0 Å². The first kappa shape index (κ1) is 18.7. The summed E-state index contributed by atoms with van der Waals surface area (Å²) in [6.07, 6.45) is 4.03. The fraction of sp³-hybridized carbons (Fsp3) is 0.273. The number of aromatic nitrogens is 2. The van der Waals surface area contributed by atoms with Gasteiger partial charge < -0.3 is 14.6 Å². The average Bonchev–Trinajstić information content (AvgIpc) is 3.12. The first-order chi connectivity index (χ1) is 13.1. The second kappa shape index (κ2) is 8.54. The van der Waals surface area contributed by atoms with Crippen molar-refractivity contribution in [1.82, 2.24) is 14.9 Å². The summed E-state index contributed by atoms with van der Waals surface area (Å²) in [4.78, 5) is 17.2. The minimum Gasteiger partial charge on any atom is -0.497 e. The molecule has 0 saturated heterocycles. The molecule has 1 N–H and O–H groups in total. The van der Waals surface area contributed by atoms with Crippen molar-refractivity contribution in [2.24, 2.45) is 7.05 Å². The van der Waals surface area contributed by atoms with Crippen molar-refractivity contribution in [3.8, 4) is 5.75 Å². The minimum atomic E-state index is -0.337. The molecule has 5 nitrogen and oxygen atoms in total. The summed E-state index contributed by atoms with van der Waals surface area (Å²) in [6.45, 7) is 2.07. The predicted molar refractivity (Wildman–Crippen MR) is 106 cm³/mol. The Labute approximate surface area is 160 Å². The maximum atomic E-state index is 12.8. The lowest BCUT2D eigenvalue weighted by molar-refractivity contribution is -0.122. The second-order valence-electron chi connectivity index (χ2n) is 6.69. The fourth-order valence-corrected chi connectivity index (χ4v) is 3.17. The Morgan fingerprint density at radius 3 is 2.56 bits per heavy atom. The lowest BCUT2D eigenvalue weighted by Crippen LogP contribution is -2.31. The van der Waals surface area contributed by atoms with Crippen LogP contribution < -0.4 is 10.1 Å². The van der Waals surface area contributed by atoms with E-state index in [0.717, 1.165) is 22.7 Å². The van der Waals surface area contributed by atoms with Crippen LogP contribution in [0.5, 0.6) is 5.75 Å². The molecule has 1 amide bonds. The van der Waals surface area contributed by atoms with Gasteiger partial charge in [-0.25, -0.2) is 4.98 Å². The summed E-state index contributed by atoms with van der Waals surface area (Å²) in [5.41, 5.74) is 2.09. The molecule has 0 aliphatic carbocycles. The number of imidazole rings is 1. The first-order valence-corrected chi connectivity index (χ1v) is 9.04. The van der Waals surface area contributed by atoms with Gasteiger partial charge in [0.25, 0.3) is 0 Å². The van der Waals surface area contributed by atoms with Crippen LogP contribution in [0.3, 0.4) is 0 Å². The van der Waals surface area contributed by atoms with Crippen LogP contribution >= 0.6 is 0 Å². The number of aryl methyl sites for hydroxylation is 1. The van der Waals surface area contributed by atoms with Crippen molar-refractivity contribution in [1.29, 1.82) is 0 Å². The van der Waals surface area contributed by atoms with Crippen LogP contribution in [-0.4, -0.2) is 22.6 Å². The van der Waals surface area contributed by atoms with Gasteiger partial charge in [-0.05, 0) is 29.2 Å². The average molecular weight is 363 g/mol. The number of nitrogens with zero attached hydrogens (tertiary/aromatic N) is 2. The molecule has 0 bridgehead atoms. The van der Waals surface area contributed by atoms with Gasteiger partial charge in [-0.3, -0.25) is 4.79 Å². The molecule has 3 rings (SSSR count). The van der Waals surface area contributed by atoms with Crippen LogP contribution in [0.2, 0.25) is 0 Å². The molecule has 0 aliphatic rings. The highest BCUT2D eigenvalue weighted by Crippen LogP contribution is 2.25. The Bertz CT molecular complexity index is 889. The Kier molecular flexibility index (Phi) is 5.91. The van der Waals surface area contributed by atoms with Gasteiger partial charge in [0.1, 0.15) is 17.6 Å². The van der Waals surface area contributed by atoms with Crippen molar-refractivity contribution in [3.05, 3.63) is 83.9 Å². The SMILES string of the molecule is COc1cccc(C(NC(=O)CC(C)c2ccccc2)c2nccn2C)c1. The topological polar surface area (TPSA) is 56.1 Å². The number of hydrogen-bond donors (Lipinski definition) is 1. The molecule has 140 valence electrons. The lowest BCUT2D eigenvalue weighted by atomic mass is 9.97. The molecule has 2 atom stereocenters. The Morgan fingerprint density at radius 1 is 1.15 bits per heavy atom. The molecular formula is C22H25N3O2. The third-order valence-electron chi connectivity index (χ3n) is 4.71. The van der Waals surface area contributed by atoms with Crippen LogP contribution in [-0.2, 0) is 11.8 Å². The molecule has 0 saturated carbocycles. The van der Waals surface area contributed by atoms with Crippen LogP contribution in [0, 0.1) is 0 Å². The Balaban J connectivity index is 1.81. The number of rotatable bonds is 7. The smallest absolute Gasteiger partial charge is 0.221 e. The van der Waals surface area contributed by atoms with Gasteiger partial charge in [0.05, 0.1) is 7.11 Å². The number of ether oxygens (including phenoxy) is 1. The largest absolute Gasteiger partial charge is 0.497 e. The molecule has 2 aromatic carbocycles. The Hall–Kier alpha value is -3.08. The summed E-state index contributed by atoms with van der Waals surface area (Å²) < 4.78 is 7.26. The van der Waals surface area contributed by atoms with Gasteiger partial charge in [-0.1, -0.05) is 49.4 Å². The fourth-order valence-electron chi connectivity index (χ4n) is 3.17. The van der Waals surface area contributed by atoms with E-state index in [2.05, 4.69) is 29.4 Å². The van der Waals surface area contributed by atoms with Crippen molar-refractivity contribution < 1.29 is 9.53 Å². The van der Waals surface area contributed by atoms with Crippen molar-refractivity contribution in [3.63, 3.8) is 0 Å². The highest BCUT2D eigenvalue weighted by Gasteiger charge is 2.22. The maximum absolute atomic E-state index is 12.8. The Morgan fingerprint density at radius 2 is 1.89 bits per heavy atom. The van der Waals surface area contributed by atoms with Crippen LogP contribution in [0.15, 0.2) is 67.0 Å². The van der Waals surface area contributed by atoms with E-state index in [1.165, 1.54) is 0 Å². The van der Waals surface area contributed by atoms with Crippen LogP contribution in [0.1, 0.15) is 42.3 Å². The number of hydrogen-bond acceptors (Lipinski definition) is 3. The summed E-state index contributed by atoms with van der Waals surface area (Å²) in [7, 11) is 3.56. The van der Waals surface area contributed by atoms with E-state index < -0.39 is 0 Å². The normalized spacial score (nSPS) is 13.0. The lowest BCUT2D eigenvalue weighted by Gasteiger charge is -2.21. The predicted octanol–water partition coefficient (Wildman–Crippen LogP) is 3.83. The highest BCUT2D eigenvalue weighted by atomic mass is 16.5. The summed E-state index contributed by atoms with van der Waals surface area (Å²) >= 11 is 0. The van der Waals surface area contributed by atoms with E-state index in [0.29, 0.717) is 6.42 Å². The first-order valence-electron chi connectivity index (χ1n) is 9.04. The number of amides is 1. The minimum absolute atomic E-state index is 0.0119.